The van der Waals surface area contributed by atoms with Gasteiger partial charge in [0, 0.05) is 18.2 Å². The Labute approximate surface area is 138 Å². The van der Waals surface area contributed by atoms with Crippen LogP contribution in [0.4, 0.5) is 0 Å². The smallest absolute Gasteiger partial charge is 0.161 e. The highest BCUT2D eigenvalue weighted by Gasteiger charge is 2.10. The SMILES string of the molecule is CCc1ccc(OCCCCN2CCSC2)c(OC)c1.Cl. The largest absolute Gasteiger partial charge is 0.493 e. The quantitative estimate of drug-likeness (QED) is 0.674. The fraction of sp³-hybridized carbons (Fsp3) is 0.625. The topological polar surface area (TPSA) is 21.7 Å². The van der Waals surface area contributed by atoms with Gasteiger partial charge in [0.2, 0.25) is 0 Å². The second-order valence-corrected chi connectivity index (χ2v) is 6.12. The molecule has 3 nitrogen and oxygen atoms in total. The second kappa shape index (κ2) is 10.2. The van der Waals surface area contributed by atoms with Gasteiger partial charge in [-0.1, -0.05) is 13.0 Å². The van der Waals surface area contributed by atoms with E-state index in [2.05, 4.69) is 24.0 Å². The summed E-state index contributed by atoms with van der Waals surface area (Å²) in [6, 6.07) is 6.20. The lowest BCUT2D eigenvalue weighted by Gasteiger charge is -2.14. The molecular formula is C16H26ClNO2S. The van der Waals surface area contributed by atoms with Gasteiger partial charge in [-0.3, -0.25) is 4.90 Å². The van der Waals surface area contributed by atoms with E-state index in [0.29, 0.717) is 0 Å². The van der Waals surface area contributed by atoms with Gasteiger partial charge >= 0.3 is 0 Å². The Hall–Kier alpha value is -0.580. The molecule has 0 saturated carbocycles. The van der Waals surface area contributed by atoms with E-state index in [-0.39, 0.29) is 12.4 Å². The summed E-state index contributed by atoms with van der Waals surface area (Å²) in [4.78, 5) is 2.52. The number of aryl methyl sites for hydroxylation is 1. The van der Waals surface area contributed by atoms with E-state index in [1.54, 1.807) is 7.11 Å². The highest BCUT2D eigenvalue weighted by atomic mass is 35.5. The number of methoxy groups -OCH3 is 1. The van der Waals surface area contributed by atoms with Crippen molar-refractivity contribution in [3.05, 3.63) is 23.8 Å². The van der Waals surface area contributed by atoms with Crippen LogP contribution in [0.1, 0.15) is 25.3 Å². The molecule has 1 saturated heterocycles. The average Bonchev–Trinajstić information content (AvgIpc) is 3.00. The number of hydrogen-bond acceptors (Lipinski definition) is 4. The molecule has 1 aromatic rings. The van der Waals surface area contributed by atoms with Gasteiger partial charge in [0.15, 0.2) is 11.5 Å². The zero-order valence-electron chi connectivity index (χ0n) is 13.0. The third-order valence-electron chi connectivity index (χ3n) is 3.59. The van der Waals surface area contributed by atoms with Crippen molar-refractivity contribution in [3.63, 3.8) is 0 Å². The molecule has 0 radical (unpaired) electrons. The number of halogens is 1. The molecule has 1 fully saturated rings. The van der Waals surface area contributed by atoms with Gasteiger partial charge in [-0.2, -0.15) is 0 Å². The molecule has 0 atom stereocenters. The predicted octanol–water partition coefficient (Wildman–Crippen LogP) is 3.84. The number of rotatable bonds is 8. The second-order valence-electron chi connectivity index (χ2n) is 5.05. The van der Waals surface area contributed by atoms with E-state index in [0.717, 1.165) is 30.9 Å². The maximum atomic E-state index is 5.84. The molecule has 120 valence electrons. The average molecular weight is 332 g/mol. The van der Waals surface area contributed by atoms with Crippen LogP contribution in [0.25, 0.3) is 0 Å². The third kappa shape index (κ3) is 5.97. The van der Waals surface area contributed by atoms with Crippen molar-refractivity contribution in [2.75, 3.05) is 38.4 Å². The van der Waals surface area contributed by atoms with Gasteiger partial charge in [-0.15, -0.1) is 24.2 Å². The number of hydrogen-bond donors (Lipinski definition) is 0. The molecule has 1 aliphatic heterocycles. The zero-order valence-corrected chi connectivity index (χ0v) is 14.6. The van der Waals surface area contributed by atoms with E-state index in [9.17, 15) is 0 Å². The first kappa shape index (κ1) is 18.5. The Bertz CT molecular complexity index is 411. The molecule has 0 N–H and O–H groups in total. The van der Waals surface area contributed by atoms with Crippen molar-refractivity contribution in [3.8, 4) is 11.5 Å². The zero-order chi connectivity index (χ0) is 14.2. The molecule has 21 heavy (non-hydrogen) atoms. The molecule has 2 rings (SSSR count). The molecule has 1 heterocycles. The summed E-state index contributed by atoms with van der Waals surface area (Å²) < 4.78 is 11.2. The van der Waals surface area contributed by atoms with Crippen LogP contribution in [0.15, 0.2) is 18.2 Å². The van der Waals surface area contributed by atoms with Crippen molar-refractivity contribution in [2.24, 2.45) is 0 Å². The molecule has 0 aromatic heterocycles. The van der Waals surface area contributed by atoms with Gasteiger partial charge in [-0.05, 0) is 43.5 Å². The van der Waals surface area contributed by atoms with Crippen LogP contribution in [0.2, 0.25) is 0 Å². The molecule has 5 heteroatoms. The minimum absolute atomic E-state index is 0. The van der Waals surface area contributed by atoms with Crippen LogP contribution in [0, 0.1) is 0 Å². The van der Waals surface area contributed by atoms with Crippen molar-refractivity contribution in [1.82, 2.24) is 4.90 Å². The normalized spacial score (nSPS) is 14.8. The number of thioether (sulfide) groups is 1. The lowest BCUT2D eigenvalue weighted by molar-refractivity contribution is 0.271. The fourth-order valence-electron chi connectivity index (χ4n) is 2.30. The standard InChI is InChI=1S/C16H25NO2S.ClH/c1-3-14-6-7-15(16(12-14)18-2)19-10-5-4-8-17-9-11-20-13-17;/h6-7,12H,3-5,8-11,13H2,1-2H3;1H. The highest BCUT2D eigenvalue weighted by molar-refractivity contribution is 7.99. The van der Waals surface area contributed by atoms with Gasteiger partial charge in [0.1, 0.15) is 0 Å². The van der Waals surface area contributed by atoms with E-state index in [4.69, 9.17) is 9.47 Å². The molecule has 0 bridgehead atoms. The van der Waals surface area contributed by atoms with Gasteiger partial charge in [-0.25, -0.2) is 0 Å². The van der Waals surface area contributed by atoms with Crippen molar-refractivity contribution in [2.45, 2.75) is 26.2 Å². The summed E-state index contributed by atoms with van der Waals surface area (Å²) in [5.41, 5.74) is 1.28. The lowest BCUT2D eigenvalue weighted by atomic mass is 10.1. The van der Waals surface area contributed by atoms with Crippen molar-refractivity contribution < 1.29 is 9.47 Å². The Balaban J connectivity index is 0.00000220. The summed E-state index contributed by atoms with van der Waals surface area (Å²) >= 11 is 2.03. The molecule has 0 amide bonds. The summed E-state index contributed by atoms with van der Waals surface area (Å²) in [6.07, 6.45) is 3.32. The van der Waals surface area contributed by atoms with Crippen molar-refractivity contribution >= 4 is 24.2 Å². The third-order valence-corrected chi connectivity index (χ3v) is 4.61. The Morgan fingerprint density at radius 3 is 2.76 bits per heavy atom. The number of unbranched alkanes of at least 4 members (excludes halogenated alkanes) is 1. The molecule has 0 aliphatic carbocycles. The highest BCUT2D eigenvalue weighted by Crippen LogP contribution is 2.28. The maximum Gasteiger partial charge on any atom is 0.161 e. The van der Waals surface area contributed by atoms with Gasteiger partial charge in [0.05, 0.1) is 13.7 Å². The molecule has 1 aromatic carbocycles. The van der Waals surface area contributed by atoms with Gasteiger partial charge < -0.3 is 9.47 Å². The Kier molecular flexibility index (Phi) is 8.97. The van der Waals surface area contributed by atoms with Gasteiger partial charge in [0.25, 0.3) is 0 Å². The van der Waals surface area contributed by atoms with Crippen molar-refractivity contribution in [1.29, 1.82) is 0 Å². The van der Waals surface area contributed by atoms with Crippen LogP contribution < -0.4 is 9.47 Å². The van der Waals surface area contributed by atoms with E-state index < -0.39 is 0 Å². The van der Waals surface area contributed by atoms with Crippen LogP contribution in [0.5, 0.6) is 11.5 Å². The Morgan fingerprint density at radius 1 is 1.24 bits per heavy atom. The predicted molar refractivity (Wildman–Crippen MR) is 93.2 cm³/mol. The number of nitrogens with zero attached hydrogens (tertiary/aromatic N) is 1. The molecular weight excluding hydrogens is 306 g/mol. The van der Waals surface area contributed by atoms with Crippen LogP contribution >= 0.6 is 24.2 Å². The molecule has 0 spiro atoms. The van der Waals surface area contributed by atoms with Crippen LogP contribution in [-0.4, -0.2) is 43.3 Å². The first-order valence-corrected chi connectivity index (χ1v) is 8.58. The minimum atomic E-state index is 0. The molecule has 0 unspecified atom stereocenters. The summed E-state index contributed by atoms with van der Waals surface area (Å²) in [5, 5.41) is 0. The summed E-state index contributed by atoms with van der Waals surface area (Å²) in [6.45, 7) is 5.36. The molecule has 1 aliphatic rings. The first-order chi connectivity index (χ1) is 9.83. The van der Waals surface area contributed by atoms with E-state index >= 15 is 0 Å². The Morgan fingerprint density at radius 2 is 2.10 bits per heavy atom. The summed E-state index contributed by atoms with van der Waals surface area (Å²) in [5.74, 6) is 4.20. The van der Waals surface area contributed by atoms with Crippen LogP contribution in [-0.2, 0) is 6.42 Å². The summed E-state index contributed by atoms with van der Waals surface area (Å²) in [7, 11) is 1.70. The monoisotopic (exact) mass is 331 g/mol. The van der Waals surface area contributed by atoms with Crippen LogP contribution in [0.3, 0.4) is 0 Å². The van der Waals surface area contributed by atoms with E-state index in [1.807, 2.05) is 17.8 Å². The maximum absolute atomic E-state index is 5.84. The van der Waals surface area contributed by atoms with E-state index in [1.165, 1.54) is 36.7 Å². The lowest BCUT2D eigenvalue weighted by Crippen LogP contribution is -2.21. The number of benzene rings is 1. The number of ether oxygens (including phenoxy) is 2. The minimum Gasteiger partial charge on any atom is -0.493 e. The fourth-order valence-corrected chi connectivity index (χ4v) is 3.33. The first-order valence-electron chi connectivity index (χ1n) is 7.43.